The van der Waals surface area contributed by atoms with Crippen LogP contribution in [-0.2, 0) is 6.42 Å². The van der Waals surface area contributed by atoms with Crippen LogP contribution in [-0.4, -0.2) is 35.3 Å². The lowest BCUT2D eigenvalue weighted by Gasteiger charge is -2.19. The van der Waals surface area contributed by atoms with E-state index in [0.717, 1.165) is 17.7 Å². The Hall–Kier alpha value is -1.62. The summed E-state index contributed by atoms with van der Waals surface area (Å²) in [4.78, 5) is 15.8. The quantitative estimate of drug-likeness (QED) is 0.724. The first kappa shape index (κ1) is 15.4. The average molecular weight is 265 g/mol. The van der Waals surface area contributed by atoms with Gasteiger partial charge in [0.1, 0.15) is 0 Å². The number of hydrogen-bond donors (Lipinski definition) is 3. The van der Waals surface area contributed by atoms with Gasteiger partial charge in [-0.3, -0.25) is 4.98 Å². The second kappa shape index (κ2) is 7.74. The fourth-order valence-electron chi connectivity index (χ4n) is 1.52. The Morgan fingerprint density at radius 1 is 1.42 bits per heavy atom. The molecule has 19 heavy (non-hydrogen) atoms. The Bertz CT molecular complexity index is 392. The fourth-order valence-corrected chi connectivity index (χ4v) is 1.52. The highest BCUT2D eigenvalue weighted by atomic mass is 16.3. The third-order valence-corrected chi connectivity index (χ3v) is 3.17. The highest BCUT2D eigenvalue weighted by Crippen LogP contribution is 2.01. The van der Waals surface area contributed by atoms with E-state index in [1.54, 1.807) is 0 Å². The molecule has 1 heterocycles. The summed E-state index contributed by atoms with van der Waals surface area (Å²) in [6.45, 7) is 6.35. The summed E-state index contributed by atoms with van der Waals surface area (Å²) in [5, 5.41) is 14.6. The van der Waals surface area contributed by atoms with E-state index in [0.29, 0.717) is 6.54 Å². The molecule has 3 N–H and O–H groups in total. The third kappa shape index (κ3) is 5.70. The molecule has 5 heteroatoms. The van der Waals surface area contributed by atoms with E-state index in [4.69, 9.17) is 5.11 Å². The maximum Gasteiger partial charge on any atom is 0.315 e. The number of amides is 2. The summed E-state index contributed by atoms with van der Waals surface area (Å²) in [6.07, 6.45) is 2.58. The number of carbonyl (C=O) groups is 1. The van der Waals surface area contributed by atoms with Crippen molar-refractivity contribution < 1.29 is 9.90 Å². The first-order chi connectivity index (χ1) is 9.02. The van der Waals surface area contributed by atoms with Gasteiger partial charge in [-0.1, -0.05) is 13.0 Å². The molecule has 0 saturated carbocycles. The first-order valence-electron chi connectivity index (χ1n) is 6.59. The number of nitrogens with zero attached hydrogens (tertiary/aromatic N) is 1. The lowest BCUT2D eigenvalue weighted by Crippen LogP contribution is -2.44. The molecular formula is C14H23N3O2. The molecule has 1 aromatic heterocycles. The van der Waals surface area contributed by atoms with Crippen molar-refractivity contribution in [2.45, 2.75) is 33.2 Å². The molecular weight excluding hydrogens is 242 g/mol. The Kier molecular flexibility index (Phi) is 6.29. The van der Waals surface area contributed by atoms with Crippen molar-refractivity contribution >= 4 is 6.03 Å². The van der Waals surface area contributed by atoms with Gasteiger partial charge in [0.15, 0.2) is 0 Å². The van der Waals surface area contributed by atoms with Gasteiger partial charge < -0.3 is 15.7 Å². The molecule has 0 aliphatic rings. The van der Waals surface area contributed by atoms with Gasteiger partial charge in [0, 0.05) is 31.1 Å². The highest BCUT2D eigenvalue weighted by molar-refractivity contribution is 5.74. The second-order valence-electron chi connectivity index (χ2n) is 4.91. The Morgan fingerprint density at radius 3 is 2.74 bits per heavy atom. The highest BCUT2D eigenvalue weighted by Gasteiger charge is 2.13. The Balaban J connectivity index is 2.25. The van der Waals surface area contributed by atoms with Crippen LogP contribution in [0.2, 0.25) is 0 Å². The van der Waals surface area contributed by atoms with Crippen molar-refractivity contribution in [1.82, 2.24) is 15.6 Å². The molecule has 0 spiro atoms. The minimum atomic E-state index is -0.201. The molecule has 5 nitrogen and oxygen atoms in total. The van der Waals surface area contributed by atoms with Crippen LogP contribution in [0.15, 0.2) is 18.3 Å². The molecule has 0 bridgehead atoms. The van der Waals surface area contributed by atoms with E-state index in [1.165, 1.54) is 0 Å². The van der Waals surface area contributed by atoms with Crippen molar-refractivity contribution in [2.75, 3.05) is 13.2 Å². The predicted octanol–water partition coefficient (Wildman–Crippen LogP) is 1.25. The van der Waals surface area contributed by atoms with Crippen molar-refractivity contribution in [2.24, 2.45) is 5.92 Å². The van der Waals surface area contributed by atoms with Gasteiger partial charge in [0.2, 0.25) is 0 Å². The number of carbonyl (C=O) groups excluding carboxylic acids is 1. The lowest BCUT2D eigenvalue weighted by atomic mass is 10.1. The molecule has 1 aromatic rings. The van der Waals surface area contributed by atoms with Crippen molar-refractivity contribution in [3.05, 3.63) is 29.6 Å². The summed E-state index contributed by atoms with van der Waals surface area (Å²) < 4.78 is 0. The monoisotopic (exact) mass is 265 g/mol. The molecule has 0 aliphatic carbocycles. The van der Waals surface area contributed by atoms with Crippen molar-refractivity contribution in [3.63, 3.8) is 0 Å². The predicted molar refractivity (Wildman–Crippen MR) is 74.9 cm³/mol. The van der Waals surface area contributed by atoms with Gasteiger partial charge in [-0.15, -0.1) is 0 Å². The zero-order valence-corrected chi connectivity index (χ0v) is 11.8. The molecule has 0 aliphatic heterocycles. The van der Waals surface area contributed by atoms with Crippen LogP contribution in [0.4, 0.5) is 4.79 Å². The van der Waals surface area contributed by atoms with Gasteiger partial charge in [0.25, 0.3) is 0 Å². The van der Waals surface area contributed by atoms with Crippen LogP contribution in [0, 0.1) is 12.8 Å². The summed E-state index contributed by atoms with van der Waals surface area (Å²) in [6, 6.07) is 3.72. The Morgan fingerprint density at radius 2 is 2.16 bits per heavy atom. The summed E-state index contributed by atoms with van der Waals surface area (Å²) in [5.41, 5.74) is 2.09. The smallest absolute Gasteiger partial charge is 0.315 e. The number of aliphatic hydroxyl groups is 1. The minimum Gasteiger partial charge on any atom is -0.396 e. The molecule has 0 saturated heterocycles. The first-order valence-corrected chi connectivity index (χ1v) is 6.59. The van der Waals surface area contributed by atoms with Crippen LogP contribution in [0.1, 0.15) is 25.1 Å². The average Bonchev–Trinajstić information content (AvgIpc) is 2.40. The van der Waals surface area contributed by atoms with Crippen LogP contribution < -0.4 is 10.6 Å². The number of aryl methyl sites for hydroxylation is 1. The van der Waals surface area contributed by atoms with Gasteiger partial charge in [-0.05, 0) is 37.8 Å². The standard InChI is InChI=1S/C14H23N3O2/c1-10(9-18)12(3)17-14(19)15-7-6-13-5-4-11(2)16-8-13/h4-5,8,10,12,18H,6-7,9H2,1-3H3,(H2,15,17,19). The molecule has 2 unspecified atom stereocenters. The lowest BCUT2D eigenvalue weighted by molar-refractivity contribution is 0.200. The Labute approximate surface area is 114 Å². The van der Waals surface area contributed by atoms with Crippen LogP contribution in [0.3, 0.4) is 0 Å². The number of pyridine rings is 1. The zero-order valence-electron chi connectivity index (χ0n) is 11.8. The molecule has 0 fully saturated rings. The molecule has 106 valence electrons. The molecule has 1 rings (SSSR count). The van der Waals surface area contributed by atoms with E-state index < -0.39 is 0 Å². The summed E-state index contributed by atoms with van der Waals surface area (Å²) >= 11 is 0. The van der Waals surface area contributed by atoms with E-state index in [2.05, 4.69) is 15.6 Å². The molecule has 2 atom stereocenters. The SMILES string of the molecule is Cc1ccc(CCNC(=O)NC(C)C(C)CO)cn1. The minimum absolute atomic E-state index is 0.0482. The van der Waals surface area contributed by atoms with E-state index in [1.807, 2.05) is 39.1 Å². The van der Waals surface area contributed by atoms with E-state index in [9.17, 15) is 4.79 Å². The molecule has 0 radical (unpaired) electrons. The number of nitrogens with one attached hydrogen (secondary N) is 2. The summed E-state index contributed by atoms with van der Waals surface area (Å²) in [7, 11) is 0. The maximum absolute atomic E-state index is 11.6. The number of rotatable bonds is 6. The zero-order chi connectivity index (χ0) is 14.3. The van der Waals surface area contributed by atoms with Crippen molar-refractivity contribution in [3.8, 4) is 0 Å². The number of aliphatic hydroxyl groups excluding tert-OH is 1. The largest absolute Gasteiger partial charge is 0.396 e. The van der Waals surface area contributed by atoms with E-state index >= 15 is 0 Å². The van der Waals surface area contributed by atoms with Crippen molar-refractivity contribution in [1.29, 1.82) is 0 Å². The number of hydrogen-bond acceptors (Lipinski definition) is 3. The summed E-state index contributed by atoms with van der Waals surface area (Å²) in [5.74, 6) is 0.0482. The second-order valence-corrected chi connectivity index (χ2v) is 4.91. The van der Waals surface area contributed by atoms with Crippen LogP contribution in [0.25, 0.3) is 0 Å². The van der Waals surface area contributed by atoms with Crippen LogP contribution >= 0.6 is 0 Å². The van der Waals surface area contributed by atoms with Gasteiger partial charge in [-0.2, -0.15) is 0 Å². The van der Waals surface area contributed by atoms with Gasteiger partial charge >= 0.3 is 6.03 Å². The van der Waals surface area contributed by atoms with E-state index in [-0.39, 0.29) is 24.6 Å². The maximum atomic E-state index is 11.6. The van der Waals surface area contributed by atoms with Crippen LogP contribution in [0.5, 0.6) is 0 Å². The molecule has 0 aromatic carbocycles. The topological polar surface area (TPSA) is 74.2 Å². The normalized spacial score (nSPS) is 13.7. The molecule has 2 amide bonds. The third-order valence-electron chi connectivity index (χ3n) is 3.17. The van der Waals surface area contributed by atoms with Gasteiger partial charge in [-0.25, -0.2) is 4.79 Å². The fraction of sp³-hybridized carbons (Fsp3) is 0.571. The van der Waals surface area contributed by atoms with Gasteiger partial charge in [0.05, 0.1) is 0 Å². The number of urea groups is 1. The number of aromatic nitrogens is 1.